The Labute approximate surface area is 91.4 Å². The van der Waals surface area contributed by atoms with Crippen LogP contribution in [0.15, 0.2) is 36.1 Å². The molecule has 0 saturated heterocycles. The molecule has 16 heavy (non-hydrogen) atoms. The summed E-state index contributed by atoms with van der Waals surface area (Å²) in [5.74, 6) is -3.75. The van der Waals surface area contributed by atoms with Gasteiger partial charge in [0.15, 0.2) is 11.5 Å². The monoisotopic (exact) mass is 225 g/mol. The van der Waals surface area contributed by atoms with Crippen molar-refractivity contribution in [3.8, 4) is 0 Å². The Hall–Kier alpha value is -2.21. The van der Waals surface area contributed by atoms with Gasteiger partial charge in [0.1, 0.15) is 0 Å². The third-order valence-corrected chi connectivity index (χ3v) is 1.62. The number of Topliss-reactive ketones (excluding diaryl/α,β-unsaturated/α-hetero) is 1. The Morgan fingerprint density at radius 1 is 1.25 bits per heavy atom. The van der Waals surface area contributed by atoms with Crippen LogP contribution in [0.5, 0.6) is 0 Å². The minimum Gasteiger partial charge on any atom is -0.505 e. The fraction of sp³-hybridized carbons (Fsp3) is 0.100. The molecule has 6 nitrogen and oxygen atoms in total. The molecule has 0 spiro atoms. The highest BCUT2D eigenvalue weighted by molar-refractivity contribution is 6.26. The summed E-state index contributed by atoms with van der Waals surface area (Å²) in [7, 11) is 0. The van der Waals surface area contributed by atoms with Crippen molar-refractivity contribution < 1.29 is 24.6 Å². The van der Waals surface area contributed by atoms with Gasteiger partial charge in [-0.25, -0.2) is 0 Å². The zero-order valence-electron chi connectivity index (χ0n) is 8.40. The van der Waals surface area contributed by atoms with Crippen molar-refractivity contribution in [1.29, 1.82) is 0 Å². The van der Waals surface area contributed by atoms with Gasteiger partial charge in [-0.15, -0.1) is 0 Å². The van der Waals surface area contributed by atoms with Crippen LogP contribution in [-0.2, 0) is 14.4 Å². The molecule has 86 valence electrons. The molecular formula is C10H11NO5. The number of carbonyl (C=O) groups is 3. The van der Waals surface area contributed by atoms with Crippen LogP contribution in [0.25, 0.3) is 0 Å². The average molecular weight is 225 g/mol. The van der Waals surface area contributed by atoms with Crippen molar-refractivity contribution in [2.75, 3.05) is 6.61 Å². The Morgan fingerprint density at radius 3 is 2.06 bits per heavy atom. The quantitative estimate of drug-likeness (QED) is 0.236. The second kappa shape index (κ2) is 5.62. The number of aliphatic hydroxyl groups excluding tert-OH is 2. The molecule has 0 unspecified atom stereocenters. The third kappa shape index (κ3) is 3.50. The van der Waals surface area contributed by atoms with E-state index < -0.39 is 41.0 Å². The molecule has 0 saturated carbocycles. The summed E-state index contributed by atoms with van der Waals surface area (Å²) in [6.07, 6.45) is 0.665. The maximum absolute atomic E-state index is 11.4. The number of ketones is 2. The van der Waals surface area contributed by atoms with Crippen LogP contribution in [0.4, 0.5) is 0 Å². The lowest BCUT2D eigenvalue weighted by Crippen LogP contribution is -2.22. The number of rotatable bonds is 6. The Kier molecular flexibility index (Phi) is 4.84. The van der Waals surface area contributed by atoms with E-state index in [9.17, 15) is 14.4 Å². The number of primary amides is 1. The number of nitrogens with two attached hydrogens (primary N) is 1. The Morgan fingerprint density at radius 2 is 1.75 bits per heavy atom. The van der Waals surface area contributed by atoms with E-state index in [4.69, 9.17) is 15.9 Å². The number of amides is 1. The lowest BCUT2D eigenvalue weighted by molar-refractivity contribution is -0.120. The molecule has 0 aliphatic carbocycles. The minimum absolute atomic E-state index is 0.399. The highest BCUT2D eigenvalue weighted by Gasteiger charge is 2.18. The molecule has 0 bridgehead atoms. The van der Waals surface area contributed by atoms with E-state index in [1.54, 1.807) is 0 Å². The first-order valence-electron chi connectivity index (χ1n) is 4.08. The summed E-state index contributed by atoms with van der Waals surface area (Å²) >= 11 is 0. The first-order valence-corrected chi connectivity index (χ1v) is 4.08. The molecule has 0 aromatic heterocycles. The first-order chi connectivity index (χ1) is 7.31. The summed E-state index contributed by atoms with van der Waals surface area (Å²) in [6, 6.07) is 0. The fourth-order valence-electron chi connectivity index (χ4n) is 0.730. The number of aliphatic hydroxyl groups is 2. The van der Waals surface area contributed by atoms with E-state index >= 15 is 0 Å². The smallest absolute Gasteiger partial charge is 0.252 e. The molecule has 0 aromatic carbocycles. The molecule has 0 atom stereocenters. The van der Waals surface area contributed by atoms with Crippen molar-refractivity contribution >= 4 is 17.5 Å². The molecule has 0 rings (SSSR count). The molecular weight excluding hydrogens is 214 g/mol. The molecule has 0 aliphatic rings. The maximum atomic E-state index is 11.4. The number of hydrogen-bond acceptors (Lipinski definition) is 5. The summed E-state index contributed by atoms with van der Waals surface area (Å²) in [6.45, 7) is 5.25. The molecule has 0 aromatic rings. The molecule has 0 radical (unpaired) electrons. The van der Waals surface area contributed by atoms with Crippen molar-refractivity contribution in [2.45, 2.75) is 0 Å². The van der Waals surface area contributed by atoms with Crippen molar-refractivity contribution in [1.82, 2.24) is 0 Å². The normalized spacial score (nSPS) is 10.7. The predicted octanol–water partition coefficient (Wildman–Crippen LogP) is -0.844. The maximum Gasteiger partial charge on any atom is 0.252 e. The zero-order chi connectivity index (χ0) is 12.9. The van der Waals surface area contributed by atoms with Crippen LogP contribution >= 0.6 is 0 Å². The molecule has 4 N–H and O–H groups in total. The summed E-state index contributed by atoms with van der Waals surface area (Å²) in [4.78, 5) is 33.0. The van der Waals surface area contributed by atoms with Gasteiger partial charge in [-0.05, 0) is 6.08 Å². The van der Waals surface area contributed by atoms with Crippen LogP contribution in [0.1, 0.15) is 0 Å². The van der Waals surface area contributed by atoms with E-state index in [1.807, 2.05) is 0 Å². The number of carbonyl (C=O) groups excluding carboxylic acids is 3. The van der Waals surface area contributed by atoms with Gasteiger partial charge in [-0.2, -0.15) is 0 Å². The van der Waals surface area contributed by atoms with Crippen molar-refractivity contribution in [3.63, 3.8) is 0 Å². The van der Waals surface area contributed by atoms with Crippen LogP contribution in [-0.4, -0.2) is 34.3 Å². The van der Waals surface area contributed by atoms with E-state index in [1.165, 1.54) is 0 Å². The number of allylic oxidation sites excluding steroid dienone is 1. The third-order valence-electron chi connectivity index (χ3n) is 1.62. The molecule has 0 heterocycles. The van der Waals surface area contributed by atoms with E-state index in [-0.39, 0.29) is 0 Å². The highest BCUT2D eigenvalue weighted by Crippen LogP contribution is 2.05. The molecule has 0 aliphatic heterocycles. The van der Waals surface area contributed by atoms with E-state index in [0.717, 1.165) is 0 Å². The van der Waals surface area contributed by atoms with Gasteiger partial charge in [0.2, 0.25) is 5.78 Å². The molecule has 0 fully saturated rings. The second-order valence-corrected chi connectivity index (χ2v) is 2.81. The van der Waals surface area contributed by atoms with Gasteiger partial charge in [0.25, 0.3) is 5.91 Å². The SMILES string of the molecule is C=C(O)C(=O)C=C(CO)C(=O)C(=C)C(N)=O. The van der Waals surface area contributed by atoms with Crippen LogP contribution < -0.4 is 5.73 Å². The van der Waals surface area contributed by atoms with Crippen molar-refractivity contribution in [2.24, 2.45) is 5.73 Å². The Bertz CT molecular complexity index is 405. The first kappa shape index (κ1) is 13.8. The summed E-state index contributed by atoms with van der Waals surface area (Å²) in [5, 5.41) is 17.5. The van der Waals surface area contributed by atoms with Gasteiger partial charge in [0, 0.05) is 5.57 Å². The van der Waals surface area contributed by atoms with Crippen LogP contribution in [0.3, 0.4) is 0 Å². The van der Waals surface area contributed by atoms with Crippen LogP contribution in [0.2, 0.25) is 0 Å². The molecule has 6 heteroatoms. The van der Waals surface area contributed by atoms with Gasteiger partial charge >= 0.3 is 0 Å². The standard InChI is InChI=1S/C10H11NO5/c1-5(10(11)16)9(15)7(4-12)3-8(14)6(2)13/h3,12-13H,1-2,4H2,(H2,11,16). The summed E-state index contributed by atoms with van der Waals surface area (Å²) in [5.41, 5.74) is 3.84. The van der Waals surface area contributed by atoms with Gasteiger partial charge in [-0.1, -0.05) is 13.2 Å². The Balaban J connectivity index is 5.09. The largest absolute Gasteiger partial charge is 0.505 e. The van der Waals surface area contributed by atoms with Gasteiger partial charge in [-0.3, -0.25) is 14.4 Å². The topological polar surface area (TPSA) is 118 Å². The fourth-order valence-corrected chi connectivity index (χ4v) is 0.730. The average Bonchev–Trinajstić information content (AvgIpc) is 2.22. The highest BCUT2D eigenvalue weighted by atomic mass is 16.3. The van der Waals surface area contributed by atoms with E-state index in [0.29, 0.717) is 6.08 Å². The second-order valence-electron chi connectivity index (χ2n) is 2.81. The van der Waals surface area contributed by atoms with Crippen LogP contribution in [0, 0.1) is 0 Å². The zero-order valence-corrected chi connectivity index (χ0v) is 8.40. The van der Waals surface area contributed by atoms with E-state index in [2.05, 4.69) is 13.2 Å². The lowest BCUT2D eigenvalue weighted by atomic mass is 10.0. The summed E-state index contributed by atoms with van der Waals surface area (Å²) < 4.78 is 0. The predicted molar refractivity (Wildman–Crippen MR) is 55.3 cm³/mol. The van der Waals surface area contributed by atoms with Gasteiger partial charge in [0.05, 0.1) is 12.2 Å². The van der Waals surface area contributed by atoms with Crippen molar-refractivity contribution in [3.05, 3.63) is 36.1 Å². The lowest BCUT2D eigenvalue weighted by Gasteiger charge is -2.02. The molecule has 1 amide bonds. The minimum atomic E-state index is -1.06. The number of hydrogen-bond donors (Lipinski definition) is 3. The van der Waals surface area contributed by atoms with Gasteiger partial charge < -0.3 is 15.9 Å².